The van der Waals surface area contributed by atoms with Crippen LogP contribution in [0.15, 0.2) is 47.6 Å². The number of ether oxygens (including phenoxy) is 3. The maximum atomic E-state index is 5.86. The van der Waals surface area contributed by atoms with Gasteiger partial charge in [0.25, 0.3) is 0 Å². The number of aromatic nitrogens is 1. The van der Waals surface area contributed by atoms with Crippen LogP contribution in [0, 0.1) is 0 Å². The second-order valence-electron chi connectivity index (χ2n) is 7.17. The molecule has 1 unspecified atom stereocenters. The van der Waals surface area contributed by atoms with E-state index in [0.29, 0.717) is 30.5 Å². The number of rotatable bonds is 8. The van der Waals surface area contributed by atoms with Crippen molar-refractivity contribution >= 4 is 5.96 Å². The Morgan fingerprint density at radius 1 is 1.21 bits per heavy atom. The van der Waals surface area contributed by atoms with Crippen LogP contribution in [0.3, 0.4) is 0 Å². The van der Waals surface area contributed by atoms with Gasteiger partial charge in [0, 0.05) is 39.0 Å². The lowest BCUT2D eigenvalue weighted by atomic mass is 10.0. The topological polar surface area (TPSA) is 77.0 Å². The molecule has 0 saturated carbocycles. The zero-order valence-corrected chi connectivity index (χ0v) is 17.4. The average Bonchev–Trinajstić information content (AvgIpc) is 3.17. The molecule has 2 heterocycles. The molecule has 0 aliphatic carbocycles. The number of aliphatic imine (C=N–C) groups is 1. The van der Waals surface area contributed by atoms with E-state index < -0.39 is 0 Å². The summed E-state index contributed by atoms with van der Waals surface area (Å²) in [6.07, 6.45) is 3.97. The Balaban J connectivity index is 1.51. The molecule has 1 aromatic carbocycles. The van der Waals surface area contributed by atoms with Gasteiger partial charge in [-0.15, -0.1) is 0 Å². The van der Waals surface area contributed by atoms with Gasteiger partial charge in [-0.3, -0.25) is 4.99 Å². The molecule has 7 heteroatoms. The minimum Gasteiger partial charge on any atom is -0.490 e. The molecule has 7 nitrogen and oxygen atoms in total. The van der Waals surface area contributed by atoms with Crippen molar-refractivity contribution in [1.82, 2.24) is 15.6 Å². The molecule has 0 amide bonds. The van der Waals surface area contributed by atoms with Crippen LogP contribution in [0.4, 0.5) is 0 Å². The molecule has 1 aliphatic heterocycles. The van der Waals surface area contributed by atoms with Crippen molar-refractivity contribution in [2.75, 3.05) is 26.8 Å². The predicted molar refractivity (Wildman–Crippen MR) is 114 cm³/mol. The number of para-hydroxylation sites is 2. The van der Waals surface area contributed by atoms with Crippen molar-refractivity contribution < 1.29 is 14.2 Å². The summed E-state index contributed by atoms with van der Waals surface area (Å²) >= 11 is 0. The Morgan fingerprint density at radius 2 is 2.03 bits per heavy atom. The number of hydrogen-bond acceptors (Lipinski definition) is 5. The fraction of sp³-hybridized carbons (Fsp3) is 0.455. The summed E-state index contributed by atoms with van der Waals surface area (Å²) in [6.45, 7) is 6.84. The lowest BCUT2D eigenvalue weighted by molar-refractivity contribution is 0.0243. The Labute approximate surface area is 172 Å². The van der Waals surface area contributed by atoms with E-state index in [1.165, 1.54) is 0 Å². The van der Waals surface area contributed by atoms with E-state index in [4.69, 9.17) is 14.2 Å². The zero-order valence-electron chi connectivity index (χ0n) is 17.4. The third kappa shape index (κ3) is 6.09. The molecule has 1 atom stereocenters. The van der Waals surface area contributed by atoms with Crippen LogP contribution in [-0.4, -0.2) is 43.4 Å². The highest BCUT2D eigenvalue weighted by Gasteiger charge is 2.29. The third-order valence-corrected chi connectivity index (χ3v) is 4.77. The Bertz CT molecular complexity index is 802. The maximum absolute atomic E-state index is 5.86. The predicted octanol–water partition coefficient (Wildman–Crippen LogP) is 3.51. The van der Waals surface area contributed by atoms with Gasteiger partial charge in [0.1, 0.15) is 0 Å². The molecule has 29 heavy (non-hydrogen) atoms. The van der Waals surface area contributed by atoms with Gasteiger partial charge in [-0.1, -0.05) is 18.2 Å². The van der Waals surface area contributed by atoms with Crippen molar-refractivity contribution in [2.45, 2.75) is 38.8 Å². The number of hydrogen-bond donors (Lipinski definition) is 2. The highest BCUT2D eigenvalue weighted by atomic mass is 16.5. The normalized spacial score (nSPS) is 19.1. The SMILES string of the molecule is CCOc1ccccc1Oc1ccc(CNC(=NC)NCC2(C)CCCO2)cn1. The molecule has 1 aromatic heterocycles. The third-order valence-electron chi connectivity index (χ3n) is 4.77. The molecule has 1 fully saturated rings. The summed E-state index contributed by atoms with van der Waals surface area (Å²) in [5.74, 6) is 2.62. The molecule has 1 aliphatic rings. The summed E-state index contributed by atoms with van der Waals surface area (Å²) in [6, 6.07) is 11.4. The molecule has 156 valence electrons. The smallest absolute Gasteiger partial charge is 0.219 e. The van der Waals surface area contributed by atoms with Crippen LogP contribution < -0.4 is 20.1 Å². The van der Waals surface area contributed by atoms with E-state index >= 15 is 0 Å². The van der Waals surface area contributed by atoms with Crippen molar-refractivity contribution in [3.8, 4) is 17.4 Å². The number of nitrogens with one attached hydrogen (secondary N) is 2. The quantitative estimate of drug-likeness (QED) is 0.523. The number of benzene rings is 1. The Hall–Kier alpha value is -2.80. The summed E-state index contributed by atoms with van der Waals surface area (Å²) < 4.78 is 17.3. The zero-order chi connectivity index (χ0) is 20.5. The maximum Gasteiger partial charge on any atom is 0.219 e. The highest BCUT2D eigenvalue weighted by Crippen LogP contribution is 2.30. The lowest BCUT2D eigenvalue weighted by Crippen LogP contribution is -2.45. The van der Waals surface area contributed by atoms with Crippen LogP contribution in [0.1, 0.15) is 32.3 Å². The van der Waals surface area contributed by atoms with E-state index in [1.54, 1.807) is 13.2 Å². The van der Waals surface area contributed by atoms with Crippen LogP contribution in [0.2, 0.25) is 0 Å². The first-order valence-electron chi connectivity index (χ1n) is 10.0. The van der Waals surface area contributed by atoms with Gasteiger partial charge in [0.05, 0.1) is 12.2 Å². The number of guanidine groups is 1. The molecule has 0 spiro atoms. The van der Waals surface area contributed by atoms with E-state index in [1.807, 2.05) is 43.3 Å². The molecule has 2 aromatic rings. The summed E-state index contributed by atoms with van der Waals surface area (Å²) in [7, 11) is 1.76. The van der Waals surface area contributed by atoms with Crippen LogP contribution in [0.25, 0.3) is 0 Å². The van der Waals surface area contributed by atoms with Crippen molar-refractivity contribution in [1.29, 1.82) is 0 Å². The van der Waals surface area contributed by atoms with Gasteiger partial charge < -0.3 is 24.8 Å². The molecular weight excluding hydrogens is 368 g/mol. The second-order valence-corrected chi connectivity index (χ2v) is 7.17. The first-order chi connectivity index (χ1) is 14.1. The number of nitrogens with zero attached hydrogens (tertiary/aromatic N) is 2. The fourth-order valence-electron chi connectivity index (χ4n) is 3.15. The van der Waals surface area contributed by atoms with Gasteiger partial charge >= 0.3 is 0 Å². The van der Waals surface area contributed by atoms with E-state index in [0.717, 1.165) is 37.5 Å². The van der Waals surface area contributed by atoms with Crippen LogP contribution in [-0.2, 0) is 11.3 Å². The minimum atomic E-state index is -0.115. The molecule has 1 saturated heterocycles. The van der Waals surface area contributed by atoms with Crippen LogP contribution >= 0.6 is 0 Å². The Morgan fingerprint density at radius 3 is 2.69 bits per heavy atom. The van der Waals surface area contributed by atoms with Crippen molar-refractivity contribution in [2.24, 2.45) is 4.99 Å². The average molecular weight is 399 g/mol. The first kappa shape index (κ1) is 20.9. The van der Waals surface area contributed by atoms with Gasteiger partial charge in [-0.05, 0) is 44.4 Å². The van der Waals surface area contributed by atoms with E-state index in [-0.39, 0.29) is 5.60 Å². The fourth-order valence-corrected chi connectivity index (χ4v) is 3.15. The Kier molecular flexibility index (Phi) is 7.30. The van der Waals surface area contributed by atoms with Crippen molar-refractivity contribution in [3.05, 3.63) is 48.2 Å². The first-order valence-corrected chi connectivity index (χ1v) is 10.0. The summed E-state index contributed by atoms with van der Waals surface area (Å²) in [4.78, 5) is 8.68. The van der Waals surface area contributed by atoms with Crippen LogP contribution in [0.5, 0.6) is 17.4 Å². The van der Waals surface area contributed by atoms with Gasteiger partial charge in [0.2, 0.25) is 5.88 Å². The van der Waals surface area contributed by atoms with Gasteiger partial charge in [-0.25, -0.2) is 4.98 Å². The minimum absolute atomic E-state index is 0.115. The van der Waals surface area contributed by atoms with E-state index in [9.17, 15) is 0 Å². The standard InChI is InChI=1S/C22H30N4O3/c1-4-27-18-8-5-6-9-19(18)29-20-11-10-17(14-24-20)15-25-21(23-3)26-16-22(2)12-7-13-28-22/h5-6,8-11,14H,4,7,12-13,15-16H2,1-3H3,(H2,23,25,26). The summed E-state index contributed by atoms with van der Waals surface area (Å²) in [5, 5.41) is 6.64. The lowest BCUT2D eigenvalue weighted by Gasteiger charge is -2.24. The number of pyridine rings is 1. The second kappa shape index (κ2) is 10.1. The molecule has 3 rings (SSSR count). The molecule has 2 N–H and O–H groups in total. The molecule has 0 radical (unpaired) electrons. The van der Waals surface area contributed by atoms with E-state index in [2.05, 4.69) is 27.5 Å². The highest BCUT2D eigenvalue weighted by molar-refractivity contribution is 5.79. The summed E-state index contributed by atoms with van der Waals surface area (Å²) in [5.41, 5.74) is 0.914. The largest absolute Gasteiger partial charge is 0.490 e. The molecular formula is C22H30N4O3. The van der Waals surface area contributed by atoms with Gasteiger partial charge in [-0.2, -0.15) is 0 Å². The monoisotopic (exact) mass is 398 g/mol. The van der Waals surface area contributed by atoms with Crippen molar-refractivity contribution in [3.63, 3.8) is 0 Å². The van der Waals surface area contributed by atoms with Gasteiger partial charge in [0.15, 0.2) is 17.5 Å². The molecule has 0 bridgehead atoms.